The number of urea groups is 1. The first-order chi connectivity index (χ1) is 15.0. The smallest absolute Gasteiger partial charge is 0.323 e. The second-order valence-corrected chi connectivity index (χ2v) is 7.23. The van der Waals surface area contributed by atoms with Gasteiger partial charge in [-0.15, -0.1) is 0 Å². The Morgan fingerprint density at radius 1 is 0.968 bits per heavy atom. The summed E-state index contributed by atoms with van der Waals surface area (Å²) in [7, 11) is 0. The largest absolute Gasteiger partial charge is 0.487 e. The average molecular weight is 414 g/mol. The molecular formula is C24H22N4O3. The summed E-state index contributed by atoms with van der Waals surface area (Å²) in [6.07, 6.45) is 1.70. The molecule has 0 bridgehead atoms. The van der Waals surface area contributed by atoms with Gasteiger partial charge in [0.25, 0.3) is 5.56 Å². The van der Waals surface area contributed by atoms with E-state index >= 15 is 0 Å². The van der Waals surface area contributed by atoms with E-state index < -0.39 is 0 Å². The molecule has 7 heteroatoms. The summed E-state index contributed by atoms with van der Waals surface area (Å²) in [4.78, 5) is 29.0. The fraction of sp³-hybridized carbons (Fsp3) is 0.125. The third-order valence-corrected chi connectivity index (χ3v) is 4.71. The number of hydrogen-bond acceptors (Lipinski definition) is 4. The maximum Gasteiger partial charge on any atom is 0.323 e. The standard InChI is InChI=1S/C24H22N4O3/c1-16-5-3-7-19(13-16)27-24(30)26-18-8-10-21(11-9-18)31-15-20-14-22(29)28-12-4-6-17(2)23(28)25-20/h3-14H,15H2,1-2H3,(H2,26,27,30). The number of hydrogen-bond donors (Lipinski definition) is 2. The Balaban J connectivity index is 1.38. The van der Waals surface area contributed by atoms with Gasteiger partial charge >= 0.3 is 6.03 Å². The summed E-state index contributed by atoms with van der Waals surface area (Å²) in [5.74, 6) is 0.608. The Hall–Kier alpha value is -4.13. The summed E-state index contributed by atoms with van der Waals surface area (Å²) < 4.78 is 7.28. The molecule has 31 heavy (non-hydrogen) atoms. The molecule has 0 fully saturated rings. The number of pyridine rings is 1. The van der Waals surface area contributed by atoms with Crippen molar-refractivity contribution in [2.75, 3.05) is 10.6 Å². The fourth-order valence-electron chi connectivity index (χ4n) is 3.19. The monoisotopic (exact) mass is 414 g/mol. The summed E-state index contributed by atoms with van der Waals surface area (Å²) in [6.45, 7) is 4.04. The van der Waals surface area contributed by atoms with Crippen molar-refractivity contribution in [3.05, 3.63) is 100 Å². The third-order valence-electron chi connectivity index (χ3n) is 4.71. The molecule has 2 N–H and O–H groups in total. The van der Waals surface area contributed by atoms with Crippen molar-refractivity contribution in [2.24, 2.45) is 0 Å². The van der Waals surface area contributed by atoms with E-state index in [0.29, 0.717) is 22.8 Å². The number of nitrogens with zero attached hydrogens (tertiary/aromatic N) is 2. The number of carbonyl (C=O) groups is 1. The highest BCUT2D eigenvalue weighted by atomic mass is 16.5. The van der Waals surface area contributed by atoms with Gasteiger partial charge in [-0.25, -0.2) is 9.78 Å². The zero-order valence-electron chi connectivity index (χ0n) is 17.3. The van der Waals surface area contributed by atoms with Crippen LogP contribution in [0.3, 0.4) is 0 Å². The van der Waals surface area contributed by atoms with E-state index in [1.165, 1.54) is 10.5 Å². The van der Waals surface area contributed by atoms with E-state index in [9.17, 15) is 9.59 Å². The van der Waals surface area contributed by atoms with E-state index in [1.54, 1.807) is 30.5 Å². The molecule has 0 saturated carbocycles. The molecule has 4 rings (SSSR count). The van der Waals surface area contributed by atoms with Gasteiger partial charge in [0.2, 0.25) is 0 Å². The molecule has 2 aromatic heterocycles. The molecule has 7 nitrogen and oxygen atoms in total. The van der Waals surface area contributed by atoms with Crippen molar-refractivity contribution < 1.29 is 9.53 Å². The van der Waals surface area contributed by atoms with E-state index in [4.69, 9.17) is 4.74 Å². The molecule has 0 radical (unpaired) electrons. The second-order valence-electron chi connectivity index (χ2n) is 7.23. The third kappa shape index (κ3) is 4.90. The van der Waals surface area contributed by atoms with Gasteiger partial charge in [-0.2, -0.15) is 0 Å². The molecule has 0 spiro atoms. The predicted octanol–water partition coefficient (Wildman–Crippen LogP) is 4.53. The molecule has 0 aliphatic carbocycles. The van der Waals surface area contributed by atoms with Crippen LogP contribution in [0.4, 0.5) is 16.2 Å². The summed E-state index contributed by atoms with van der Waals surface area (Å²) in [6, 6.07) is 19.4. The minimum atomic E-state index is -0.324. The van der Waals surface area contributed by atoms with Crippen molar-refractivity contribution in [2.45, 2.75) is 20.5 Å². The Morgan fingerprint density at radius 2 is 1.74 bits per heavy atom. The van der Waals surface area contributed by atoms with Crippen molar-refractivity contribution >= 4 is 23.1 Å². The highest BCUT2D eigenvalue weighted by Gasteiger charge is 2.06. The van der Waals surface area contributed by atoms with E-state index in [-0.39, 0.29) is 18.2 Å². The second kappa shape index (κ2) is 8.71. The molecule has 0 unspecified atom stereocenters. The lowest BCUT2D eigenvalue weighted by atomic mass is 10.2. The van der Waals surface area contributed by atoms with Crippen LogP contribution in [0.5, 0.6) is 5.75 Å². The quantitative estimate of drug-likeness (QED) is 0.502. The lowest BCUT2D eigenvalue weighted by Crippen LogP contribution is -2.19. The molecule has 4 aromatic rings. The van der Waals surface area contributed by atoms with Gasteiger partial charge in [-0.3, -0.25) is 9.20 Å². The van der Waals surface area contributed by atoms with Crippen LogP contribution in [0.2, 0.25) is 0 Å². The van der Waals surface area contributed by atoms with Crippen LogP contribution in [-0.4, -0.2) is 15.4 Å². The summed E-state index contributed by atoms with van der Waals surface area (Å²) in [5, 5.41) is 5.58. The number of nitrogens with one attached hydrogen (secondary N) is 2. The van der Waals surface area contributed by atoms with Gasteiger partial charge in [-0.05, 0) is 67.4 Å². The molecule has 0 aliphatic rings. The number of rotatable bonds is 5. The molecular weight excluding hydrogens is 392 g/mol. The minimum Gasteiger partial charge on any atom is -0.487 e. The number of amides is 2. The zero-order valence-corrected chi connectivity index (χ0v) is 17.3. The topological polar surface area (TPSA) is 84.7 Å². The van der Waals surface area contributed by atoms with Crippen molar-refractivity contribution in [3.63, 3.8) is 0 Å². The van der Waals surface area contributed by atoms with E-state index in [2.05, 4.69) is 15.6 Å². The Morgan fingerprint density at radius 3 is 2.52 bits per heavy atom. The summed E-state index contributed by atoms with van der Waals surface area (Å²) in [5.41, 5.74) is 4.37. The number of fused-ring (bicyclic) bond motifs is 1. The van der Waals surface area contributed by atoms with Crippen molar-refractivity contribution in [1.29, 1.82) is 0 Å². The van der Waals surface area contributed by atoms with Crippen LogP contribution in [-0.2, 0) is 6.61 Å². The fourth-order valence-corrected chi connectivity index (χ4v) is 3.19. The van der Waals surface area contributed by atoms with Gasteiger partial charge in [0.15, 0.2) is 0 Å². The Kier molecular flexibility index (Phi) is 5.66. The highest BCUT2D eigenvalue weighted by molar-refractivity contribution is 5.99. The number of aryl methyl sites for hydroxylation is 2. The first-order valence-electron chi connectivity index (χ1n) is 9.83. The predicted molar refractivity (Wildman–Crippen MR) is 121 cm³/mol. The van der Waals surface area contributed by atoms with Crippen LogP contribution in [0.15, 0.2) is 77.7 Å². The van der Waals surface area contributed by atoms with Gasteiger partial charge < -0.3 is 15.4 Å². The van der Waals surface area contributed by atoms with Crippen molar-refractivity contribution in [3.8, 4) is 5.75 Å². The Bertz CT molecular complexity index is 1300. The zero-order chi connectivity index (χ0) is 21.8. The maximum absolute atomic E-state index is 12.3. The van der Waals surface area contributed by atoms with Gasteiger partial charge in [0.05, 0.1) is 5.69 Å². The number of carbonyl (C=O) groups excluding carboxylic acids is 1. The van der Waals surface area contributed by atoms with Crippen LogP contribution in [0.25, 0.3) is 5.65 Å². The lowest BCUT2D eigenvalue weighted by molar-refractivity contribution is 0.262. The van der Waals surface area contributed by atoms with Crippen LogP contribution < -0.4 is 20.9 Å². The number of anilines is 2. The van der Waals surface area contributed by atoms with Gasteiger partial charge in [-0.1, -0.05) is 18.2 Å². The average Bonchev–Trinajstić information content (AvgIpc) is 2.74. The van der Waals surface area contributed by atoms with Crippen molar-refractivity contribution in [1.82, 2.24) is 9.38 Å². The SMILES string of the molecule is Cc1cccc(NC(=O)Nc2ccc(OCc3cc(=O)n4cccc(C)c4n3)cc2)c1. The molecule has 2 aromatic carbocycles. The van der Waals surface area contributed by atoms with Gasteiger partial charge in [0.1, 0.15) is 18.0 Å². The van der Waals surface area contributed by atoms with Crippen LogP contribution >= 0.6 is 0 Å². The number of ether oxygens (including phenoxy) is 1. The number of aromatic nitrogens is 2. The summed E-state index contributed by atoms with van der Waals surface area (Å²) >= 11 is 0. The van der Waals surface area contributed by atoms with Crippen LogP contribution in [0.1, 0.15) is 16.8 Å². The van der Waals surface area contributed by atoms with Gasteiger partial charge in [0, 0.05) is 23.6 Å². The minimum absolute atomic E-state index is 0.147. The molecule has 156 valence electrons. The highest BCUT2D eigenvalue weighted by Crippen LogP contribution is 2.18. The van der Waals surface area contributed by atoms with Crippen LogP contribution in [0, 0.1) is 13.8 Å². The molecule has 0 atom stereocenters. The maximum atomic E-state index is 12.3. The number of benzene rings is 2. The van der Waals surface area contributed by atoms with E-state index in [0.717, 1.165) is 16.8 Å². The molecule has 2 amide bonds. The first-order valence-corrected chi connectivity index (χ1v) is 9.83. The molecule has 0 saturated heterocycles. The lowest BCUT2D eigenvalue weighted by Gasteiger charge is -2.10. The first kappa shape index (κ1) is 20.2. The Labute approximate surface area is 179 Å². The molecule has 2 heterocycles. The van der Waals surface area contributed by atoms with E-state index in [1.807, 2.05) is 50.2 Å². The normalized spacial score (nSPS) is 10.6. The molecule has 0 aliphatic heterocycles.